The average Bonchev–Trinajstić information content (AvgIpc) is 3.37. The molecule has 2 amide bonds. The monoisotopic (exact) mass is 310 g/mol. The first-order valence-electron chi connectivity index (χ1n) is 8.65. The van der Waals surface area contributed by atoms with Crippen molar-refractivity contribution < 1.29 is 14.7 Å². The van der Waals surface area contributed by atoms with Gasteiger partial charge in [0.05, 0.1) is 12.0 Å². The number of hydrogen-bond acceptors (Lipinski definition) is 3. The van der Waals surface area contributed by atoms with E-state index in [4.69, 9.17) is 0 Å². The maximum absolute atomic E-state index is 12.6. The van der Waals surface area contributed by atoms with Crippen LogP contribution in [0.3, 0.4) is 0 Å². The molecule has 126 valence electrons. The SMILES string of the molecule is CCC(C)C(=O)N1CCCC(C(=O)N(C)CC(O)C2CC2)C1. The molecule has 0 aromatic heterocycles. The van der Waals surface area contributed by atoms with Crippen LogP contribution in [0.15, 0.2) is 0 Å². The Morgan fingerprint density at radius 1 is 1.32 bits per heavy atom. The molecule has 1 N–H and O–H groups in total. The van der Waals surface area contributed by atoms with Crippen LogP contribution in [-0.2, 0) is 9.59 Å². The standard InChI is InChI=1S/C17H30N2O3/c1-4-12(2)16(21)19-9-5-6-14(10-19)17(22)18(3)11-15(20)13-7-8-13/h12-15,20H,4-11H2,1-3H3. The molecule has 0 aromatic carbocycles. The van der Waals surface area contributed by atoms with Gasteiger partial charge < -0.3 is 14.9 Å². The molecular weight excluding hydrogens is 280 g/mol. The zero-order valence-electron chi connectivity index (χ0n) is 14.1. The third kappa shape index (κ3) is 4.22. The van der Waals surface area contributed by atoms with Crippen molar-refractivity contribution in [1.29, 1.82) is 0 Å². The van der Waals surface area contributed by atoms with Gasteiger partial charge in [-0.2, -0.15) is 0 Å². The number of aliphatic hydroxyl groups excluding tert-OH is 1. The number of piperidine rings is 1. The molecule has 1 saturated heterocycles. The molecule has 5 nitrogen and oxygen atoms in total. The van der Waals surface area contributed by atoms with Gasteiger partial charge in [-0.05, 0) is 38.0 Å². The second-order valence-corrected chi connectivity index (χ2v) is 7.06. The van der Waals surface area contributed by atoms with Gasteiger partial charge in [-0.25, -0.2) is 0 Å². The summed E-state index contributed by atoms with van der Waals surface area (Å²) < 4.78 is 0. The second kappa shape index (κ2) is 7.44. The summed E-state index contributed by atoms with van der Waals surface area (Å²) in [5.74, 6) is 0.536. The maximum atomic E-state index is 12.6. The van der Waals surface area contributed by atoms with E-state index in [1.54, 1.807) is 11.9 Å². The Morgan fingerprint density at radius 2 is 2.00 bits per heavy atom. The molecule has 0 spiro atoms. The fourth-order valence-corrected chi connectivity index (χ4v) is 3.18. The quantitative estimate of drug-likeness (QED) is 0.809. The number of carbonyl (C=O) groups excluding carboxylic acids is 2. The highest BCUT2D eigenvalue weighted by molar-refractivity contribution is 5.82. The van der Waals surface area contributed by atoms with E-state index in [9.17, 15) is 14.7 Å². The summed E-state index contributed by atoms with van der Waals surface area (Å²) in [5.41, 5.74) is 0. The van der Waals surface area contributed by atoms with E-state index < -0.39 is 6.10 Å². The first-order valence-corrected chi connectivity index (χ1v) is 8.65. The first kappa shape index (κ1) is 17.3. The molecule has 0 bridgehead atoms. The summed E-state index contributed by atoms with van der Waals surface area (Å²) >= 11 is 0. The zero-order chi connectivity index (χ0) is 16.3. The molecule has 3 unspecified atom stereocenters. The van der Waals surface area contributed by atoms with Crippen LogP contribution in [0.2, 0.25) is 0 Å². The summed E-state index contributed by atoms with van der Waals surface area (Å²) in [6.07, 6.45) is 4.31. The van der Waals surface area contributed by atoms with Gasteiger partial charge in [0.15, 0.2) is 0 Å². The second-order valence-electron chi connectivity index (χ2n) is 7.06. The highest BCUT2D eigenvalue weighted by Gasteiger charge is 2.34. The molecular formula is C17H30N2O3. The van der Waals surface area contributed by atoms with E-state index in [0.29, 0.717) is 19.0 Å². The third-order valence-corrected chi connectivity index (χ3v) is 5.12. The summed E-state index contributed by atoms with van der Waals surface area (Å²) in [6.45, 7) is 5.68. The van der Waals surface area contributed by atoms with Gasteiger partial charge in [-0.3, -0.25) is 9.59 Å². The molecule has 2 fully saturated rings. The maximum Gasteiger partial charge on any atom is 0.227 e. The predicted octanol–water partition coefficient (Wildman–Crippen LogP) is 1.50. The Morgan fingerprint density at radius 3 is 2.59 bits per heavy atom. The molecule has 3 atom stereocenters. The zero-order valence-corrected chi connectivity index (χ0v) is 14.1. The van der Waals surface area contributed by atoms with Gasteiger partial charge in [0.1, 0.15) is 0 Å². The molecule has 1 heterocycles. The number of rotatable bonds is 6. The highest BCUT2D eigenvalue weighted by atomic mass is 16.3. The van der Waals surface area contributed by atoms with Crippen LogP contribution in [0.1, 0.15) is 46.0 Å². The molecule has 1 aliphatic heterocycles. The fourth-order valence-electron chi connectivity index (χ4n) is 3.18. The minimum Gasteiger partial charge on any atom is -0.391 e. The summed E-state index contributed by atoms with van der Waals surface area (Å²) in [5, 5.41) is 9.99. The van der Waals surface area contributed by atoms with E-state index in [1.165, 1.54) is 0 Å². The lowest BCUT2D eigenvalue weighted by Crippen LogP contribution is -2.48. The first-order chi connectivity index (χ1) is 10.4. The Bertz CT molecular complexity index is 409. The van der Waals surface area contributed by atoms with Crippen LogP contribution in [0, 0.1) is 17.8 Å². The van der Waals surface area contributed by atoms with Crippen molar-refractivity contribution in [2.24, 2.45) is 17.8 Å². The lowest BCUT2D eigenvalue weighted by Gasteiger charge is -2.35. The van der Waals surface area contributed by atoms with Gasteiger partial charge in [-0.1, -0.05) is 13.8 Å². The van der Waals surface area contributed by atoms with Gasteiger partial charge in [0, 0.05) is 32.6 Å². The van der Waals surface area contributed by atoms with Crippen LogP contribution in [-0.4, -0.2) is 59.5 Å². The third-order valence-electron chi connectivity index (χ3n) is 5.12. The molecule has 22 heavy (non-hydrogen) atoms. The van der Waals surface area contributed by atoms with Crippen molar-refractivity contribution in [3.63, 3.8) is 0 Å². The topological polar surface area (TPSA) is 60.9 Å². The van der Waals surface area contributed by atoms with Gasteiger partial charge in [-0.15, -0.1) is 0 Å². The van der Waals surface area contributed by atoms with E-state index in [0.717, 1.165) is 38.6 Å². The van der Waals surface area contributed by atoms with Gasteiger partial charge >= 0.3 is 0 Å². The van der Waals surface area contributed by atoms with Crippen LogP contribution in [0.4, 0.5) is 0 Å². The van der Waals surface area contributed by atoms with Crippen molar-refractivity contribution in [2.45, 2.75) is 52.1 Å². The molecule has 1 saturated carbocycles. The van der Waals surface area contributed by atoms with E-state index in [2.05, 4.69) is 0 Å². The van der Waals surface area contributed by atoms with Crippen LogP contribution >= 0.6 is 0 Å². The van der Waals surface area contributed by atoms with Crippen molar-refractivity contribution in [1.82, 2.24) is 9.80 Å². The molecule has 5 heteroatoms. The van der Waals surface area contributed by atoms with Gasteiger partial charge in [0.2, 0.25) is 11.8 Å². The van der Waals surface area contributed by atoms with Crippen molar-refractivity contribution in [3.05, 3.63) is 0 Å². The number of likely N-dealkylation sites (tertiary alicyclic amines) is 1. The van der Waals surface area contributed by atoms with Gasteiger partial charge in [0.25, 0.3) is 0 Å². The molecule has 0 radical (unpaired) electrons. The highest BCUT2D eigenvalue weighted by Crippen LogP contribution is 2.33. The Kier molecular flexibility index (Phi) is 5.84. The predicted molar refractivity (Wildman–Crippen MR) is 85.1 cm³/mol. The van der Waals surface area contributed by atoms with E-state index in [1.807, 2.05) is 18.7 Å². The van der Waals surface area contributed by atoms with Crippen molar-refractivity contribution in [3.8, 4) is 0 Å². The average molecular weight is 310 g/mol. The molecule has 1 aliphatic carbocycles. The number of likely N-dealkylation sites (N-methyl/N-ethyl adjacent to an activating group) is 1. The van der Waals surface area contributed by atoms with Crippen LogP contribution in [0.5, 0.6) is 0 Å². The Labute approximate surface area is 133 Å². The smallest absolute Gasteiger partial charge is 0.227 e. The summed E-state index contributed by atoms with van der Waals surface area (Å²) in [4.78, 5) is 28.4. The van der Waals surface area contributed by atoms with E-state index in [-0.39, 0.29) is 23.7 Å². The van der Waals surface area contributed by atoms with Crippen LogP contribution in [0.25, 0.3) is 0 Å². The molecule has 0 aromatic rings. The number of amides is 2. The van der Waals surface area contributed by atoms with Crippen molar-refractivity contribution in [2.75, 3.05) is 26.7 Å². The lowest BCUT2D eigenvalue weighted by atomic mass is 9.95. The number of carbonyl (C=O) groups is 2. The minimum absolute atomic E-state index is 0.0308. The molecule has 2 rings (SSSR count). The Balaban J connectivity index is 1.87. The number of nitrogens with zero attached hydrogens (tertiary/aromatic N) is 2. The minimum atomic E-state index is -0.393. The number of hydrogen-bond donors (Lipinski definition) is 1. The lowest BCUT2D eigenvalue weighted by molar-refractivity contribution is -0.142. The molecule has 2 aliphatic rings. The summed E-state index contributed by atoms with van der Waals surface area (Å²) in [7, 11) is 1.77. The largest absolute Gasteiger partial charge is 0.391 e. The van der Waals surface area contributed by atoms with Crippen LogP contribution < -0.4 is 0 Å². The normalized spacial score (nSPS) is 24.7. The number of aliphatic hydroxyl groups is 1. The fraction of sp³-hybridized carbons (Fsp3) is 0.882. The van der Waals surface area contributed by atoms with Crippen molar-refractivity contribution >= 4 is 11.8 Å². The summed E-state index contributed by atoms with van der Waals surface area (Å²) in [6, 6.07) is 0. The Hall–Kier alpha value is -1.10. The van der Waals surface area contributed by atoms with E-state index >= 15 is 0 Å².